The maximum atomic E-state index is 14.3. The van der Waals surface area contributed by atoms with Crippen molar-refractivity contribution < 1.29 is 14.2 Å². The first kappa shape index (κ1) is 19.0. The van der Waals surface area contributed by atoms with Gasteiger partial charge in [0.1, 0.15) is 11.6 Å². The minimum absolute atomic E-state index is 0.0545. The standard InChI is InChI=1S/C21H31FO2/c1-7-14(18(22)13-23)15-11-16-17(12-19(15)24-8-2)21(5,6)10-9-20(16,3)4/h11-12,23H,7-10,13H2,1-6H3/b18-14+. The minimum atomic E-state index is -0.569. The smallest absolute Gasteiger partial charge is 0.129 e. The zero-order chi connectivity index (χ0) is 18.1. The summed E-state index contributed by atoms with van der Waals surface area (Å²) in [5.74, 6) is 0.258. The first-order chi connectivity index (χ1) is 11.2. The molecule has 0 amide bonds. The Morgan fingerprint density at radius 1 is 1.08 bits per heavy atom. The van der Waals surface area contributed by atoms with Crippen LogP contribution in [0.5, 0.6) is 5.75 Å². The second-order valence-corrected chi connectivity index (χ2v) is 7.99. The lowest BCUT2D eigenvalue weighted by Gasteiger charge is -2.42. The summed E-state index contributed by atoms with van der Waals surface area (Å²) in [7, 11) is 0. The number of aliphatic hydroxyl groups is 1. The zero-order valence-corrected chi connectivity index (χ0v) is 15.9. The summed E-state index contributed by atoms with van der Waals surface area (Å²) in [6.45, 7) is 12.9. The Morgan fingerprint density at radius 2 is 1.62 bits per heavy atom. The number of allylic oxidation sites excluding steroid dienone is 1. The fourth-order valence-corrected chi connectivity index (χ4v) is 3.73. The molecule has 2 rings (SSSR count). The van der Waals surface area contributed by atoms with E-state index in [0.29, 0.717) is 18.6 Å². The van der Waals surface area contributed by atoms with Crippen molar-refractivity contribution >= 4 is 5.57 Å². The molecular formula is C21H31FO2. The Labute approximate surface area is 145 Å². The van der Waals surface area contributed by atoms with E-state index in [0.717, 1.165) is 24.2 Å². The molecule has 1 aromatic carbocycles. The van der Waals surface area contributed by atoms with E-state index in [2.05, 4.69) is 39.8 Å². The van der Waals surface area contributed by atoms with Crippen LogP contribution in [0.2, 0.25) is 0 Å². The second-order valence-electron chi connectivity index (χ2n) is 7.99. The molecule has 24 heavy (non-hydrogen) atoms. The van der Waals surface area contributed by atoms with Crippen molar-refractivity contribution in [2.24, 2.45) is 0 Å². The molecule has 0 spiro atoms. The van der Waals surface area contributed by atoms with Gasteiger partial charge < -0.3 is 9.84 Å². The molecule has 0 bridgehead atoms. The van der Waals surface area contributed by atoms with Crippen LogP contribution in [-0.2, 0) is 10.8 Å². The average molecular weight is 334 g/mol. The fourth-order valence-electron chi connectivity index (χ4n) is 3.73. The van der Waals surface area contributed by atoms with Gasteiger partial charge in [0.05, 0.1) is 13.2 Å². The number of benzene rings is 1. The molecule has 0 aromatic heterocycles. The van der Waals surface area contributed by atoms with Crippen LogP contribution in [0.25, 0.3) is 5.57 Å². The summed E-state index contributed by atoms with van der Waals surface area (Å²) in [6.07, 6.45) is 2.75. The van der Waals surface area contributed by atoms with Crippen molar-refractivity contribution in [3.8, 4) is 5.75 Å². The molecule has 0 atom stereocenters. The lowest BCUT2D eigenvalue weighted by Crippen LogP contribution is -2.34. The molecule has 2 nitrogen and oxygen atoms in total. The van der Waals surface area contributed by atoms with E-state index in [1.807, 2.05) is 13.8 Å². The molecule has 0 heterocycles. The molecule has 1 N–H and O–H groups in total. The lowest BCUT2D eigenvalue weighted by atomic mass is 9.62. The number of rotatable bonds is 5. The van der Waals surface area contributed by atoms with Crippen molar-refractivity contribution in [2.75, 3.05) is 13.2 Å². The normalized spacial score (nSPS) is 19.5. The van der Waals surface area contributed by atoms with Crippen LogP contribution in [0.3, 0.4) is 0 Å². The van der Waals surface area contributed by atoms with Gasteiger partial charge in [-0.25, -0.2) is 4.39 Å². The lowest BCUT2D eigenvalue weighted by molar-refractivity contribution is 0.298. The molecule has 134 valence electrons. The van der Waals surface area contributed by atoms with Gasteiger partial charge in [-0.2, -0.15) is 0 Å². The summed E-state index contributed by atoms with van der Waals surface area (Å²) in [5, 5.41) is 9.27. The molecule has 0 radical (unpaired) electrons. The van der Waals surface area contributed by atoms with Crippen LogP contribution in [-0.4, -0.2) is 18.3 Å². The molecule has 1 aliphatic carbocycles. The van der Waals surface area contributed by atoms with E-state index in [1.165, 1.54) is 11.1 Å². The van der Waals surface area contributed by atoms with Gasteiger partial charge in [-0.3, -0.25) is 0 Å². The number of ether oxygens (including phenoxy) is 1. The topological polar surface area (TPSA) is 29.5 Å². The highest BCUT2D eigenvalue weighted by Crippen LogP contribution is 2.49. The van der Waals surface area contributed by atoms with Crippen LogP contribution < -0.4 is 4.74 Å². The second kappa shape index (κ2) is 6.87. The van der Waals surface area contributed by atoms with Crippen LogP contribution in [0.4, 0.5) is 4.39 Å². The summed E-state index contributed by atoms with van der Waals surface area (Å²) in [6, 6.07) is 4.21. The molecule has 0 saturated heterocycles. The van der Waals surface area contributed by atoms with Gasteiger partial charge in [0.15, 0.2) is 0 Å². The van der Waals surface area contributed by atoms with Gasteiger partial charge in [0.25, 0.3) is 0 Å². The quantitative estimate of drug-likeness (QED) is 0.768. The predicted molar refractivity (Wildman–Crippen MR) is 98.3 cm³/mol. The maximum absolute atomic E-state index is 14.3. The fraction of sp³-hybridized carbons (Fsp3) is 0.619. The SMILES string of the molecule is CCOc1cc2c(cc1/C(CC)=C(/F)CO)C(C)(C)CCC2(C)C. The van der Waals surface area contributed by atoms with Crippen molar-refractivity contribution in [3.05, 3.63) is 34.6 Å². The number of fused-ring (bicyclic) bond motifs is 1. The number of hydrogen-bond donors (Lipinski definition) is 1. The largest absolute Gasteiger partial charge is 0.493 e. The summed E-state index contributed by atoms with van der Waals surface area (Å²) < 4.78 is 20.1. The van der Waals surface area contributed by atoms with E-state index in [4.69, 9.17) is 4.74 Å². The Hall–Kier alpha value is -1.35. The van der Waals surface area contributed by atoms with Gasteiger partial charge in [0, 0.05) is 5.56 Å². The van der Waals surface area contributed by atoms with Gasteiger partial charge in [-0.15, -0.1) is 0 Å². The number of aliphatic hydroxyl groups excluding tert-OH is 1. The van der Waals surface area contributed by atoms with E-state index < -0.39 is 12.4 Å². The van der Waals surface area contributed by atoms with E-state index >= 15 is 0 Å². The van der Waals surface area contributed by atoms with Crippen molar-refractivity contribution in [1.82, 2.24) is 0 Å². The van der Waals surface area contributed by atoms with E-state index in [1.54, 1.807) is 0 Å². The third-order valence-electron chi connectivity index (χ3n) is 5.40. The monoisotopic (exact) mass is 334 g/mol. The van der Waals surface area contributed by atoms with Crippen LogP contribution >= 0.6 is 0 Å². The zero-order valence-electron chi connectivity index (χ0n) is 15.9. The molecule has 0 unspecified atom stereocenters. The highest BCUT2D eigenvalue weighted by atomic mass is 19.1. The molecule has 1 aromatic rings. The predicted octanol–water partition coefficient (Wildman–Crippen LogP) is 5.52. The van der Waals surface area contributed by atoms with Crippen molar-refractivity contribution in [1.29, 1.82) is 0 Å². The van der Waals surface area contributed by atoms with Crippen molar-refractivity contribution in [2.45, 2.75) is 71.6 Å². The number of halogens is 1. The van der Waals surface area contributed by atoms with Gasteiger partial charge in [-0.1, -0.05) is 34.6 Å². The molecule has 3 heteroatoms. The molecule has 1 aliphatic rings. The summed E-state index contributed by atoms with van der Waals surface area (Å²) in [4.78, 5) is 0. The van der Waals surface area contributed by atoms with Gasteiger partial charge in [0.2, 0.25) is 0 Å². The molecule has 0 saturated carbocycles. The Balaban J connectivity index is 2.77. The minimum Gasteiger partial charge on any atom is -0.493 e. The highest BCUT2D eigenvalue weighted by molar-refractivity contribution is 5.74. The summed E-state index contributed by atoms with van der Waals surface area (Å²) >= 11 is 0. The maximum Gasteiger partial charge on any atom is 0.129 e. The van der Waals surface area contributed by atoms with Crippen LogP contribution in [0, 0.1) is 0 Å². The summed E-state index contributed by atoms with van der Waals surface area (Å²) in [5.41, 5.74) is 4.04. The van der Waals surface area contributed by atoms with Crippen molar-refractivity contribution in [3.63, 3.8) is 0 Å². The average Bonchev–Trinajstić information content (AvgIpc) is 2.53. The van der Waals surface area contributed by atoms with E-state index in [9.17, 15) is 9.50 Å². The third kappa shape index (κ3) is 3.37. The molecule has 0 aliphatic heterocycles. The molecule has 0 fully saturated rings. The Bertz CT molecular complexity index is 641. The Morgan fingerprint density at radius 3 is 2.08 bits per heavy atom. The highest BCUT2D eigenvalue weighted by Gasteiger charge is 2.38. The molecular weight excluding hydrogens is 303 g/mol. The van der Waals surface area contributed by atoms with Crippen LogP contribution in [0.1, 0.15) is 77.5 Å². The third-order valence-corrected chi connectivity index (χ3v) is 5.40. The Kier molecular flexibility index (Phi) is 5.44. The van der Waals surface area contributed by atoms with Crippen LogP contribution in [0.15, 0.2) is 18.0 Å². The number of hydrogen-bond acceptors (Lipinski definition) is 2. The first-order valence-electron chi connectivity index (χ1n) is 8.98. The van der Waals surface area contributed by atoms with E-state index in [-0.39, 0.29) is 10.8 Å². The first-order valence-corrected chi connectivity index (χ1v) is 8.98. The van der Waals surface area contributed by atoms with Gasteiger partial charge in [-0.05, 0) is 65.8 Å². The van der Waals surface area contributed by atoms with Gasteiger partial charge >= 0.3 is 0 Å².